The van der Waals surface area contributed by atoms with Crippen LogP contribution >= 0.6 is 0 Å². The normalized spacial score (nSPS) is 12.1. The number of carbonyl (C=O) groups excluding carboxylic acids is 1. The van der Waals surface area contributed by atoms with Crippen LogP contribution in [0.15, 0.2) is 42.7 Å². The van der Waals surface area contributed by atoms with Crippen molar-refractivity contribution in [2.24, 2.45) is 0 Å². The molecular formula is C18H21N5O. The standard InChI is InChI=1S/C18H21N5O/c1-12-9-16(18(24)19-10-17-20-11-21-22-17)14(3)23(12)13(2)15-7-5-4-6-8-15/h4-9,11,13H,10H2,1-3H3,(H,19,24)(H,20,21,22)/t13-/m1/s1. The first kappa shape index (κ1) is 16.0. The third-order valence-corrected chi connectivity index (χ3v) is 4.28. The van der Waals surface area contributed by atoms with Crippen molar-refractivity contribution < 1.29 is 4.79 Å². The van der Waals surface area contributed by atoms with Gasteiger partial charge in [0.25, 0.3) is 5.91 Å². The zero-order valence-corrected chi connectivity index (χ0v) is 14.1. The summed E-state index contributed by atoms with van der Waals surface area (Å²) >= 11 is 0. The second-order valence-electron chi connectivity index (χ2n) is 5.86. The van der Waals surface area contributed by atoms with Crippen LogP contribution in [0.2, 0.25) is 0 Å². The molecule has 0 radical (unpaired) electrons. The van der Waals surface area contributed by atoms with Gasteiger partial charge in [-0.3, -0.25) is 9.89 Å². The van der Waals surface area contributed by atoms with Gasteiger partial charge in [0.05, 0.1) is 18.2 Å². The predicted octanol–water partition coefficient (Wildman–Crippen LogP) is 2.76. The first-order chi connectivity index (χ1) is 11.6. The molecule has 0 saturated carbocycles. The number of hydrogen-bond acceptors (Lipinski definition) is 3. The third-order valence-electron chi connectivity index (χ3n) is 4.28. The fourth-order valence-electron chi connectivity index (χ4n) is 3.06. The van der Waals surface area contributed by atoms with E-state index in [1.54, 1.807) is 0 Å². The maximum Gasteiger partial charge on any atom is 0.253 e. The van der Waals surface area contributed by atoms with Crippen LogP contribution in [0.5, 0.6) is 0 Å². The maximum absolute atomic E-state index is 12.5. The number of aromatic nitrogens is 4. The van der Waals surface area contributed by atoms with E-state index in [2.05, 4.69) is 44.1 Å². The second-order valence-corrected chi connectivity index (χ2v) is 5.86. The van der Waals surface area contributed by atoms with E-state index in [0.29, 0.717) is 17.9 Å². The van der Waals surface area contributed by atoms with E-state index in [0.717, 1.165) is 11.4 Å². The minimum Gasteiger partial charge on any atom is -0.345 e. The van der Waals surface area contributed by atoms with Crippen LogP contribution < -0.4 is 5.32 Å². The molecule has 0 spiro atoms. The summed E-state index contributed by atoms with van der Waals surface area (Å²) in [7, 11) is 0. The smallest absolute Gasteiger partial charge is 0.253 e. The van der Waals surface area contributed by atoms with E-state index < -0.39 is 0 Å². The number of amides is 1. The Morgan fingerprint density at radius 2 is 2.04 bits per heavy atom. The van der Waals surface area contributed by atoms with Crippen LogP contribution in [0, 0.1) is 13.8 Å². The molecular weight excluding hydrogens is 302 g/mol. The van der Waals surface area contributed by atoms with Gasteiger partial charge in [-0.15, -0.1) is 0 Å². The van der Waals surface area contributed by atoms with Gasteiger partial charge in [0, 0.05) is 11.4 Å². The molecule has 1 atom stereocenters. The summed E-state index contributed by atoms with van der Waals surface area (Å²) in [5.74, 6) is 0.529. The van der Waals surface area contributed by atoms with E-state index in [-0.39, 0.29) is 11.9 Å². The van der Waals surface area contributed by atoms with E-state index in [9.17, 15) is 4.79 Å². The van der Waals surface area contributed by atoms with Crippen molar-refractivity contribution >= 4 is 5.91 Å². The number of carbonyl (C=O) groups is 1. The van der Waals surface area contributed by atoms with Gasteiger partial charge in [-0.05, 0) is 32.4 Å². The Bertz CT molecular complexity index is 821. The molecule has 0 bridgehead atoms. The molecule has 0 fully saturated rings. The Morgan fingerprint density at radius 1 is 1.29 bits per heavy atom. The summed E-state index contributed by atoms with van der Waals surface area (Å²) in [5.41, 5.74) is 3.93. The number of benzene rings is 1. The molecule has 2 N–H and O–H groups in total. The Kier molecular flexibility index (Phi) is 4.46. The van der Waals surface area contributed by atoms with Crippen LogP contribution in [0.4, 0.5) is 0 Å². The molecule has 124 valence electrons. The summed E-state index contributed by atoms with van der Waals surface area (Å²) in [6.45, 7) is 6.48. The molecule has 3 rings (SSSR count). The first-order valence-electron chi connectivity index (χ1n) is 7.93. The average Bonchev–Trinajstić information content (AvgIpc) is 3.21. The number of hydrogen-bond donors (Lipinski definition) is 2. The summed E-state index contributed by atoms with van der Waals surface area (Å²) in [4.78, 5) is 16.5. The summed E-state index contributed by atoms with van der Waals surface area (Å²) < 4.78 is 2.19. The van der Waals surface area contributed by atoms with E-state index in [4.69, 9.17) is 0 Å². The van der Waals surface area contributed by atoms with Gasteiger partial charge < -0.3 is 9.88 Å². The summed E-state index contributed by atoms with van der Waals surface area (Å²) in [6.07, 6.45) is 1.43. The van der Waals surface area contributed by atoms with Gasteiger partial charge in [0.1, 0.15) is 12.2 Å². The Hall–Kier alpha value is -2.89. The second kappa shape index (κ2) is 6.70. The van der Waals surface area contributed by atoms with Crippen molar-refractivity contribution in [1.29, 1.82) is 0 Å². The molecule has 0 aliphatic rings. The van der Waals surface area contributed by atoms with Gasteiger partial charge in [-0.2, -0.15) is 5.10 Å². The van der Waals surface area contributed by atoms with Crippen molar-refractivity contribution in [3.8, 4) is 0 Å². The van der Waals surface area contributed by atoms with Gasteiger partial charge >= 0.3 is 0 Å². The number of nitrogens with zero attached hydrogens (tertiary/aromatic N) is 3. The lowest BCUT2D eigenvalue weighted by Crippen LogP contribution is -2.24. The molecule has 2 aromatic heterocycles. The Labute approximate surface area is 140 Å². The monoisotopic (exact) mass is 323 g/mol. The van der Waals surface area contributed by atoms with Crippen LogP contribution in [-0.2, 0) is 6.54 Å². The molecule has 0 unspecified atom stereocenters. The number of aromatic amines is 1. The highest BCUT2D eigenvalue weighted by molar-refractivity contribution is 5.95. The van der Waals surface area contributed by atoms with Crippen molar-refractivity contribution in [3.05, 3.63) is 71.1 Å². The topological polar surface area (TPSA) is 75.6 Å². The van der Waals surface area contributed by atoms with E-state index in [1.807, 2.05) is 38.1 Å². The lowest BCUT2D eigenvalue weighted by molar-refractivity contribution is 0.0949. The fraction of sp³-hybridized carbons (Fsp3) is 0.278. The fourth-order valence-corrected chi connectivity index (χ4v) is 3.06. The first-order valence-corrected chi connectivity index (χ1v) is 7.93. The Morgan fingerprint density at radius 3 is 2.71 bits per heavy atom. The number of nitrogens with one attached hydrogen (secondary N) is 2. The molecule has 0 saturated heterocycles. The number of rotatable bonds is 5. The lowest BCUT2D eigenvalue weighted by atomic mass is 10.1. The van der Waals surface area contributed by atoms with Crippen LogP contribution in [-0.4, -0.2) is 25.7 Å². The minimum absolute atomic E-state index is 0.106. The van der Waals surface area contributed by atoms with E-state index >= 15 is 0 Å². The van der Waals surface area contributed by atoms with Crippen molar-refractivity contribution in [3.63, 3.8) is 0 Å². The van der Waals surface area contributed by atoms with Crippen molar-refractivity contribution in [2.45, 2.75) is 33.4 Å². The van der Waals surface area contributed by atoms with Gasteiger partial charge in [-0.1, -0.05) is 30.3 Å². The molecule has 0 aliphatic carbocycles. The van der Waals surface area contributed by atoms with Crippen LogP contribution in [0.1, 0.15) is 46.1 Å². The summed E-state index contributed by atoms with van der Waals surface area (Å²) in [6, 6.07) is 12.4. The minimum atomic E-state index is -0.106. The quantitative estimate of drug-likeness (QED) is 0.758. The molecule has 1 amide bonds. The molecule has 3 aromatic rings. The lowest BCUT2D eigenvalue weighted by Gasteiger charge is -2.19. The van der Waals surface area contributed by atoms with Crippen LogP contribution in [0.25, 0.3) is 0 Å². The third kappa shape index (κ3) is 3.08. The molecule has 1 aromatic carbocycles. The number of aryl methyl sites for hydroxylation is 1. The predicted molar refractivity (Wildman–Crippen MR) is 91.7 cm³/mol. The zero-order valence-electron chi connectivity index (χ0n) is 14.1. The molecule has 0 aliphatic heterocycles. The maximum atomic E-state index is 12.5. The molecule has 2 heterocycles. The van der Waals surface area contributed by atoms with Gasteiger partial charge in [-0.25, -0.2) is 4.98 Å². The number of H-pyrrole nitrogens is 1. The summed E-state index contributed by atoms with van der Waals surface area (Å²) in [5, 5.41) is 9.38. The molecule has 6 nitrogen and oxygen atoms in total. The highest BCUT2D eigenvalue weighted by Gasteiger charge is 2.19. The molecule has 24 heavy (non-hydrogen) atoms. The highest BCUT2D eigenvalue weighted by Crippen LogP contribution is 2.25. The van der Waals surface area contributed by atoms with Gasteiger partial charge in [0.2, 0.25) is 0 Å². The highest BCUT2D eigenvalue weighted by atomic mass is 16.1. The molecule has 6 heteroatoms. The average molecular weight is 323 g/mol. The largest absolute Gasteiger partial charge is 0.345 e. The van der Waals surface area contributed by atoms with Crippen LogP contribution in [0.3, 0.4) is 0 Å². The SMILES string of the molecule is Cc1cc(C(=O)NCc2ncn[nH]2)c(C)n1[C@H](C)c1ccccc1. The van der Waals surface area contributed by atoms with Crippen molar-refractivity contribution in [1.82, 2.24) is 25.1 Å². The van der Waals surface area contributed by atoms with Crippen molar-refractivity contribution in [2.75, 3.05) is 0 Å². The zero-order chi connectivity index (χ0) is 17.1. The van der Waals surface area contributed by atoms with E-state index in [1.165, 1.54) is 11.9 Å². The Balaban J connectivity index is 1.82. The van der Waals surface area contributed by atoms with Gasteiger partial charge in [0.15, 0.2) is 0 Å².